The van der Waals surface area contributed by atoms with Gasteiger partial charge in [-0.2, -0.15) is 0 Å². The van der Waals surface area contributed by atoms with E-state index < -0.39 is 0 Å². The summed E-state index contributed by atoms with van der Waals surface area (Å²) in [6.45, 7) is 4.99. The molecule has 0 atom stereocenters. The van der Waals surface area contributed by atoms with Crippen molar-refractivity contribution in [3.8, 4) is 17.2 Å². The lowest BCUT2D eigenvalue weighted by Gasteiger charge is -2.11. The van der Waals surface area contributed by atoms with Crippen LogP contribution in [-0.2, 0) is 0 Å². The minimum atomic E-state index is -0.194. The quantitative estimate of drug-likeness (QED) is 0.773. The highest BCUT2D eigenvalue weighted by molar-refractivity contribution is 6.04. The lowest BCUT2D eigenvalue weighted by molar-refractivity contribution is 0.102. The Morgan fingerprint density at radius 3 is 2.28 bits per heavy atom. The zero-order valence-electron chi connectivity index (χ0n) is 15.2. The molecule has 1 amide bonds. The fraction of sp³-hybridized carbons (Fsp3) is 0.350. The molecule has 2 rings (SSSR count). The van der Waals surface area contributed by atoms with E-state index in [1.807, 2.05) is 12.1 Å². The summed E-state index contributed by atoms with van der Waals surface area (Å²) in [5, 5.41) is 2.85. The van der Waals surface area contributed by atoms with E-state index in [1.54, 1.807) is 44.6 Å². The maximum Gasteiger partial charge on any atom is 0.255 e. The molecule has 1 N–H and O–H groups in total. The van der Waals surface area contributed by atoms with Crippen molar-refractivity contribution in [1.29, 1.82) is 0 Å². The first-order valence-electron chi connectivity index (χ1n) is 8.29. The molecule has 134 valence electrons. The SMILES string of the molecule is COc1ccc(NC(=O)c2ccc(OCCC(C)C)cc2)cc1OC. The Morgan fingerprint density at radius 1 is 1.00 bits per heavy atom. The smallest absolute Gasteiger partial charge is 0.255 e. The molecule has 0 aromatic heterocycles. The molecule has 0 spiro atoms. The van der Waals surface area contributed by atoms with E-state index in [4.69, 9.17) is 14.2 Å². The van der Waals surface area contributed by atoms with E-state index in [0.29, 0.717) is 35.3 Å². The number of ether oxygens (including phenoxy) is 3. The van der Waals surface area contributed by atoms with Gasteiger partial charge in [-0.1, -0.05) is 13.8 Å². The second-order valence-electron chi connectivity index (χ2n) is 6.08. The van der Waals surface area contributed by atoms with Crippen molar-refractivity contribution >= 4 is 11.6 Å². The number of nitrogens with one attached hydrogen (secondary N) is 1. The zero-order chi connectivity index (χ0) is 18.2. The first-order chi connectivity index (χ1) is 12.0. The number of benzene rings is 2. The molecule has 0 aliphatic rings. The van der Waals surface area contributed by atoms with Crippen molar-refractivity contribution in [2.75, 3.05) is 26.1 Å². The van der Waals surface area contributed by atoms with Gasteiger partial charge in [0.15, 0.2) is 11.5 Å². The monoisotopic (exact) mass is 343 g/mol. The maximum absolute atomic E-state index is 12.4. The topological polar surface area (TPSA) is 56.8 Å². The summed E-state index contributed by atoms with van der Waals surface area (Å²) in [7, 11) is 3.13. The molecule has 0 bridgehead atoms. The minimum Gasteiger partial charge on any atom is -0.494 e. The Hall–Kier alpha value is -2.69. The van der Waals surface area contributed by atoms with Gasteiger partial charge < -0.3 is 19.5 Å². The molecular formula is C20H25NO4. The van der Waals surface area contributed by atoms with Crippen molar-refractivity contribution in [3.05, 3.63) is 48.0 Å². The molecule has 2 aromatic carbocycles. The minimum absolute atomic E-state index is 0.194. The second kappa shape index (κ2) is 8.97. The van der Waals surface area contributed by atoms with E-state index in [1.165, 1.54) is 0 Å². The average Bonchev–Trinajstić information content (AvgIpc) is 2.61. The van der Waals surface area contributed by atoms with Gasteiger partial charge in [-0.05, 0) is 48.7 Å². The van der Waals surface area contributed by atoms with Crippen LogP contribution in [0.5, 0.6) is 17.2 Å². The lowest BCUT2D eigenvalue weighted by Crippen LogP contribution is -2.12. The molecule has 5 nitrogen and oxygen atoms in total. The van der Waals surface area contributed by atoms with Gasteiger partial charge in [0, 0.05) is 17.3 Å². The Labute approximate surface area is 148 Å². The third-order valence-electron chi connectivity index (χ3n) is 3.72. The van der Waals surface area contributed by atoms with Gasteiger partial charge in [0.1, 0.15) is 5.75 Å². The molecule has 0 heterocycles. The first kappa shape index (κ1) is 18.6. The first-order valence-corrected chi connectivity index (χ1v) is 8.29. The van der Waals surface area contributed by atoms with Crippen LogP contribution < -0.4 is 19.5 Å². The van der Waals surface area contributed by atoms with Crippen molar-refractivity contribution in [2.24, 2.45) is 5.92 Å². The highest BCUT2D eigenvalue weighted by atomic mass is 16.5. The molecule has 5 heteroatoms. The van der Waals surface area contributed by atoms with Gasteiger partial charge in [0.2, 0.25) is 0 Å². The summed E-state index contributed by atoms with van der Waals surface area (Å²) < 4.78 is 16.1. The van der Waals surface area contributed by atoms with Crippen LogP contribution in [0.15, 0.2) is 42.5 Å². The zero-order valence-corrected chi connectivity index (χ0v) is 15.2. The second-order valence-corrected chi connectivity index (χ2v) is 6.08. The van der Waals surface area contributed by atoms with E-state index in [0.717, 1.165) is 12.2 Å². The predicted molar refractivity (Wildman–Crippen MR) is 98.9 cm³/mol. The third-order valence-corrected chi connectivity index (χ3v) is 3.72. The normalized spacial score (nSPS) is 10.4. The van der Waals surface area contributed by atoms with Crippen LogP contribution in [-0.4, -0.2) is 26.7 Å². The molecule has 0 saturated carbocycles. The summed E-state index contributed by atoms with van der Waals surface area (Å²) >= 11 is 0. The Morgan fingerprint density at radius 2 is 1.68 bits per heavy atom. The maximum atomic E-state index is 12.4. The highest BCUT2D eigenvalue weighted by Gasteiger charge is 2.09. The van der Waals surface area contributed by atoms with Crippen molar-refractivity contribution in [2.45, 2.75) is 20.3 Å². The van der Waals surface area contributed by atoms with E-state index >= 15 is 0 Å². The lowest BCUT2D eigenvalue weighted by atomic mass is 10.1. The van der Waals surface area contributed by atoms with Crippen LogP contribution in [0, 0.1) is 5.92 Å². The number of carbonyl (C=O) groups is 1. The molecule has 0 fully saturated rings. The van der Waals surface area contributed by atoms with Gasteiger partial charge in [-0.15, -0.1) is 0 Å². The molecule has 0 radical (unpaired) electrons. The Kier molecular flexibility index (Phi) is 6.69. The third kappa shape index (κ3) is 5.41. The number of hydrogen-bond donors (Lipinski definition) is 1. The van der Waals surface area contributed by atoms with Crippen molar-refractivity contribution in [3.63, 3.8) is 0 Å². The van der Waals surface area contributed by atoms with Crippen molar-refractivity contribution in [1.82, 2.24) is 0 Å². The number of hydrogen-bond acceptors (Lipinski definition) is 4. The Balaban J connectivity index is 1.98. The van der Waals surface area contributed by atoms with Gasteiger partial charge in [0.25, 0.3) is 5.91 Å². The van der Waals surface area contributed by atoms with Gasteiger partial charge in [-0.25, -0.2) is 0 Å². The fourth-order valence-corrected chi connectivity index (χ4v) is 2.23. The van der Waals surface area contributed by atoms with E-state index in [2.05, 4.69) is 19.2 Å². The van der Waals surface area contributed by atoms with Gasteiger partial charge in [-0.3, -0.25) is 4.79 Å². The summed E-state index contributed by atoms with van der Waals surface area (Å²) in [4.78, 5) is 12.4. The van der Waals surface area contributed by atoms with Crippen LogP contribution in [0.2, 0.25) is 0 Å². The molecule has 25 heavy (non-hydrogen) atoms. The average molecular weight is 343 g/mol. The molecule has 2 aromatic rings. The van der Waals surface area contributed by atoms with E-state index in [9.17, 15) is 4.79 Å². The van der Waals surface area contributed by atoms with Crippen LogP contribution in [0.1, 0.15) is 30.6 Å². The number of carbonyl (C=O) groups excluding carboxylic acids is 1. The van der Waals surface area contributed by atoms with E-state index in [-0.39, 0.29) is 5.91 Å². The van der Waals surface area contributed by atoms with Gasteiger partial charge >= 0.3 is 0 Å². The Bertz CT molecular complexity index is 695. The molecule has 0 aliphatic carbocycles. The number of anilines is 1. The summed E-state index contributed by atoms with van der Waals surface area (Å²) in [5.41, 5.74) is 1.20. The van der Waals surface area contributed by atoms with Crippen LogP contribution in [0.4, 0.5) is 5.69 Å². The highest BCUT2D eigenvalue weighted by Crippen LogP contribution is 2.30. The standard InChI is InChI=1S/C20H25NO4/c1-14(2)11-12-25-17-8-5-15(6-9-17)20(22)21-16-7-10-18(23-3)19(13-16)24-4/h5-10,13-14H,11-12H2,1-4H3,(H,21,22). The van der Waals surface area contributed by atoms with Gasteiger partial charge in [0.05, 0.1) is 20.8 Å². The van der Waals surface area contributed by atoms with Crippen molar-refractivity contribution < 1.29 is 19.0 Å². The largest absolute Gasteiger partial charge is 0.494 e. The van der Waals surface area contributed by atoms with Crippen LogP contribution in [0.3, 0.4) is 0 Å². The van der Waals surface area contributed by atoms with Crippen LogP contribution in [0.25, 0.3) is 0 Å². The predicted octanol–water partition coefficient (Wildman–Crippen LogP) is 4.38. The number of methoxy groups -OCH3 is 2. The van der Waals surface area contributed by atoms with Crippen LogP contribution >= 0.6 is 0 Å². The molecule has 0 saturated heterocycles. The molecule has 0 unspecified atom stereocenters. The molecular weight excluding hydrogens is 318 g/mol. The fourth-order valence-electron chi connectivity index (χ4n) is 2.23. The number of amides is 1. The number of rotatable bonds is 8. The summed E-state index contributed by atoms with van der Waals surface area (Å²) in [6.07, 6.45) is 1.00. The summed E-state index contributed by atoms with van der Waals surface area (Å²) in [6, 6.07) is 12.4. The summed E-state index contributed by atoms with van der Waals surface area (Å²) in [5.74, 6) is 2.36. The molecule has 0 aliphatic heterocycles.